The third kappa shape index (κ3) is 12.9. The number of hydrogen-bond donors (Lipinski definition) is 1. The molecule has 0 aromatic rings. The summed E-state index contributed by atoms with van der Waals surface area (Å²) < 4.78 is 4.92. The Bertz CT molecular complexity index is 229. The van der Waals surface area contributed by atoms with Gasteiger partial charge in [-0.25, -0.2) is 0 Å². The van der Waals surface area contributed by atoms with Gasteiger partial charge >= 0.3 is 5.97 Å². The molecule has 21 heavy (non-hydrogen) atoms. The molecule has 0 rings (SSSR count). The summed E-state index contributed by atoms with van der Waals surface area (Å²) in [6.45, 7) is 2.51. The lowest BCUT2D eigenvalue weighted by Crippen LogP contribution is -2.16. The molecule has 126 valence electrons. The average molecular weight is 300 g/mol. The first-order chi connectivity index (χ1) is 10.3. The number of carbonyl (C=O) groups is 1. The fourth-order valence-corrected chi connectivity index (χ4v) is 2.75. The number of esters is 1. The second-order valence-electron chi connectivity index (χ2n) is 6.06. The van der Waals surface area contributed by atoms with E-state index in [1.54, 1.807) is 0 Å². The Morgan fingerprint density at radius 2 is 1.33 bits per heavy atom. The van der Waals surface area contributed by atoms with E-state index in [4.69, 9.17) is 9.84 Å². The van der Waals surface area contributed by atoms with Crippen molar-refractivity contribution < 1.29 is 14.6 Å². The van der Waals surface area contributed by atoms with Crippen LogP contribution in [0.5, 0.6) is 0 Å². The van der Waals surface area contributed by atoms with Crippen molar-refractivity contribution in [3.05, 3.63) is 0 Å². The van der Waals surface area contributed by atoms with Gasteiger partial charge in [-0.1, -0.05) is 71.1 Å². The highest BCUT2D eigenvalue weighted by molar-refractivity contribution is 5.72. The molecule has 0 aromatic heterocycles. The van der Waals surface area contributed by atoms with E-state index >= 15 is 0 Å². The number of aliphatic hydroxyl groups is 1. The number of ether oxygens (including phenoxy) is 1. The van der Waals surface area contributed by atoms with Crippen LogP contribution in [0, 0.1) is 5.92 Å². The van der Waals surface area contributed by atoms with E-state index < -0.39 is 0 Å². The number of unbranched alkanes of at least 4 members (excludes halogenated alkanes) is 9. The lowest BCUT2D eigenvalue weighted by molar-refractivity contribution is -0.146. The highest BCUT2D eigenvalue weighted by Crippen LogP contribution is 2.19. The third-order valence-corrected chi connectivity index (χ3v) is 4.15. The molecule has 0 aliphatic heterocycles. The van der Waals surface area contributed by atoms with Gasteiger partial charge in [0.05, 0.1) is 13.0 Å². The largest absolute Gasteiger partial charge is 0.469 e. The molecule has 0 spiro atoms. The van der Waals surface area contributed by atoms with Crippen molar-refractivity contribution in [3.63, 3.8) is 0 Å². The van der Waals surface area contributed by atoms with Gasteiger partial charge in [0, 0.05) is 6.61 Å². The first-order valence-electron chi connectivity index (χ1n) is 8.95. The molecular weight excluding hydrogens is 264 g/mol. The molecular formula is C18H36O3. The van der Waals surface area contributed by atoms with Gasteiger partial charge in [0.15, 0.2) is 0 Å². The third-order valence-electron chi connectivity index (χ3n) is 4.15. The van der Waals surface area contributed by atoms with Crippen LogP contribution in [0.3, 0.4) is 0 Å². The Morgan fingerprint density at radius 3 is 1.81 bits per heavy atom. The van der Waals surface area contributed by atoms with Crippen molar-refractivity contribution in [2.75, 3.05) is 13.7 Å². The molecule has 0 bridgehead atoms. The van der Waals surface area contributed by atoms with Gasteiger partial charge in [0.25, 0.3) is 0 Å². The van der Waals surface area contributed by atoms with Crippen molar-refractivity contribution in [2.24, 2.45) is 5.92 Å². The predicted octanol–water partition coefficient (Wildman–Crippen LogP) is 4.86. The zero-order chi connectivity index (χ0) is 15.8. The predicted molar refractivity (Wildman–Crippen MR) is 88.3 cm³/mol. The maximum atomic E-state index is 11.7. The molecule has 0 aliphatic carbocycles. The highest BCUT2D eigenvalue weighted by Gasteiger charge is 2.17. The van der Waals surface area contributed by atoms with E-state index in [2.05, 4.69) is 6.92 Å². The molecule has 0 aliphatic rings. The number of methoxy groups -OCH3 is 1. The minimum absolute atomic E-state index is 0.0184. The van der Waals surface area contributed by atoms with Gasteiger partial charge in [-0.2, -0.15) is 0 Å². The molecule has 3 nitrogen and oxygen atoms in total. The minimum Gasteiger partial charge on any atom is -0.469 e. The van der Waals surface area contributed by atoms with Crippen LogP contribution in [0.15, 0.2) is 0 Å². The smallest absolute Gasteiger partial charge is 0.308 e. The van der Waals surface area contributed by atoms with Crippen LogP contribution in [-0.4, -0.2) is 24.8 Å². The molecule has 1 unspecified atom stereocenters. The molecule has 0 saturated heterocycles. The summed E-state index contributed by atoms with van der Waals surface area (Å²) >= 11 is 0. The van der Waals surface area contributed by atoms with E-state index in [0.717, 1.165) is 38.5 Å². The average Bonchev–Trinajstić information content (AvgIpc) is 2.51. The topological polar surface area (TPSA) is 46.5 Å². The lowest BCUT2D eigenvalue weighted by atomic mass is 9.94. The zero-order valence-corrected chi connectivity index (χ0v) is 14.2. The van der Waals surface area contributed by atoms with Crippen LogP contribution in [0.1, 0.15) is 90.4 Å². The number of hydrogen-bond acceptors (Lipinski definition) is 3. The summed E-state index contributed by atoms with van der Waals surface area (Å²) in [6, 6.07) is 0. The Kier molecular flexibility index (Phi) is 15.4. The maximum Gasteiger partial charge on any atom is 0.308 e. The maximum absolute atomic E-state index is 11.7. The SMILES string of the molecule is CCCCCC(CCCCCCCCCCO)C(=O)OC. The van der Waals surface area contributed by atoms with Crippen LogP contribution in [-0.2, 0) is 9.53 Å². The highest BCUT2D eigenvalue weighted by atomic mass is 16.5. The molecule has 0 aromatic carbocycles. The molecule has 1 atom stereocenters. The van der Waals surface area contributed by atoms with Crippen LogP contribution in [0.4, 0.5) is 0 Å². The number of rotatable bonds is 15. The molecule has 3 heteroatoms. The van der Waals surface area contributed by atoms with E-state index in [0.29, 0.717) is 6.61 Å². The Balaban J connectivity index is 3.56. The van der Waals surface area contributed by atoms with Gasteiger partial charge in [0.2, 0.25) is 0 Å². The Hall–Kier alpha value is -0.570. The van der Waals surface area contributed by atoms with E-state index in [-0.39, 0.29) is 11.9 Å². The van der Waals surface area contributed by atoms with Crippen molar-refractivity contribution in [3.8, 4) is 0 Å². The minimum atomic E-state index is -0.0184. The van der Waals surface area contributed by atoms with Gasteiger partial charge < -0.3 is 9.84 Å². The molecule has 0 saturated carbocycles. The van der Waals surface area contributed by atoms with Gasteiger partial charge in [0.1, 0.15) is 0 Å². The second-order valence-corrected chi connectivity index (χ2v) is 6.06. The van der Waals surface area contributed by atoms with Crippen LogP contribution in [0.25, 0.3) is 0 Å². The number of aliphatic hydroxyl groups excluding tert-OH is 1. The van der Waals surface area contributed by atoms with Gasteiger partial charge in [-0.15, -0.1) is 0 Å². The van der Waals surface area contributed by atoms with Crippen molar-refractivity contribution in [1.82, 2.24) is 0 Å². The van der Waals surface area contributed by atoms with Crippen molar-refractivity contribution in [1.29, 1.82) is 0 Å². The Labute approximate surface area is 131 Å². The van der Waals surface area contributed by atoms with E-state index in [9.17, 15) is 4.79 Å². The summed E-state index contributed by atoms with van der Waals surface area (Å²) in [7, 11) is 1.50. The first kappa shape index (κ1) is 20.4. The van der Waals surface area contributed by atoms with Crippen molar-refractivity contribution in [2.45, 2.75) is 90.4 Å². The zero-order valence-electron chi connectivity index (χ0n) is 14.2. The Morgan fingerprint density at radius 1 is 0.857 bits per heavy atom. The van der Waals surface area contributed by atoms with E-state index in [1.807, 2.05) is 0 Å². The number of carbonyl (C=O) groups excluding carboxylic acids is 1. The van der Waals surface area contributed by atoms with E-state index in [1.165, 1.54) is 52.1 Å². The summed E-state index contributed by atoms with van der Waals surface area (Å²) in [4.78, 5) is 11.7. The summed E-state index contributed by atoms with van der Waals surface area (Å²) in [5.41, 5.74) is 0. The van der Waals surface area contributed by atoms with Crippen LogP contribution in [0.2, 0.25) is 0 Å². The van der Waals surface area contributed by atoms with Crippen LogP contribution >= 0.6 is 0 Å². The molecule has 0 fully saturated rings. The lowest BCUT2D eigenvalue weighted by Gasteiger charge is -2.14. The molecule has 0 amide bonds. The normalized spacial score (nSPS) is 12.3. The van der Waals surface area contributed by atoms with Gasteiger partial charge in [-0.05, 0) is 19.3 Å². The fourth-order valence-electron chi connectivity index (χ4n) is 2.75. The van der Waals surface area contributed by atoms with Gasteiger partial charge in [-0.3, -0.25) is 4.79 Å². The van der Waals surface area contributed by atoms with Crippen molar-refractivity contribution >= 4 is 5.97 Å². The monoisotopic (exact) mass is 300 g/mol. The summed E-state index contributed by atoms with van der Waals surface area (Å²) in [5.74, 6) is 0.0983. The fraction of sp³-hybridized carbons (Fsp3) is 0.944. The molecule has 0 heterocycles. The second kappa shape index (κ2) is 15.8. The molecule has 0 radical (unpaired) electrons. The first-order valence-corrected chi connectivity index (χ1v) is 8.95. The summed E-state index contributed by atoms with van der Waals surface area (Å²) in [5, 5.41) is 8.70. The quantitative estimate of drug-likeness (QED) is 0.347. The molecule has 1 N–H and O–H groups in total. The standard InChI is InChI=1S/C18H36O3/c1-3-4-11-14-17(18(20)21-2)15-12-9-7-5-6-8-10-13-16-19/h17,19H,3-16H2,1-2H3. The van der Waals surface area contributed by atoms with Crippen LogP contribution < -0.4 is 0 Å². The summed E-state index contributed by atoms with van der Waals surface area (Å²) in [6.07, 6.45) is 15.0.